The summed E-state index contributed by atoms with van der Waals surface area (Å²) in [7, 11) is 1.70. The third kappa shape index (κ3) is 2.58. The van der Waals surface area contributed by atoms with Gasteiger partial charge in [-0.1, -0.05) is 0 Å². The minimum absolute atomic E-state index is 0.0133. The van der Waals surface area contributed by atoms with Gasteiger partial charge in [-0.15, -0.1) is 0 Å². The van der Waals surface area contributed by atoms with E-state index in [0.29, 0.717) is 6.04 Å². The van der Waals surface area contributed by atoms with E-state index >= 15 is 0 Å². The number of likely N-dealkylation sites (tertiary alicyclic amines) is 1. The molecule has 0 aromatic carbocycles. The lowest BCUT2D eigenvalue weighted by Crippen LogP contribution is -2.52. The first kappa shape index (κ1) is 13.6. The van der Waals surface area contributed by atoms with E-state index < -0.39 is 0 Å². The molecule has 2 N–H and O–H groups in total. The van der Waals surface area contributed by atoms with Gasteiger partial charge in [-0.05, 0) is 25.8 Å². The van der Waals surface area contributed by atoms with Gasteiger partial charge in [0.25, 0.3) is 0 Å². The Morgan fingerprint density at radius 2 is 2.50 bits per heavy atom. The number of amides is 1. The van der Waals surface area contributed by atoms with Gasteiger partial charge >= 0.3 is 0 Å². The van der Waals surface area contributed by atoms with Crippen molar-refractivity contribution in [2.24, 2.45) is 5.92 Å². The van der Waals surface area contributed by atoms with Crippen LogP contribution in [0.5, 0.6) is 0 Å². The Morgan fingerprint density at radius 1 is 1.65 bits per heavy atom. The molecule has 6 nitrogen and oxygen atoms in total. The molecule has 2 aliphatic heterocycles. The Kier molecular flexibility index (Phi) is 3.76. The van der Waals surface area contributed by atoms with Gasteiger partial charge < -0.3 is 10.1 Å². The van der Waals surface area contributed by atoms with Crippen LogP contribution in [0.2, 0.25) is 0 Å². The summed E-state index contributed by atoms with van der Waals surface area (Å²) < 4.78 is 5.81. The zero-order chi connectivity index (χ0) is 14.1. The highest BCUT2D eigenvalue weighted by Crippen LogP contribution is 2.32. The molecule has 0 unspecified atom stereocenters. The predicted octanol–water partition coefficient (Wildman–Crippen LogP) is 0.444. The first-order valence-corrected chi connectivity index (χ1v) is 7.25. The number of fused-ring (bicyclic) bond motifs is 1. The van der Waals surface area contributed by atoms with Crippen LogP contribution in [-0.2, 0) is 16.1 Å². The Morgan fingerprint density at radius 3 is 3.20 bits per heavy atom. The molecule has 0 radical (unpaired) electrons. The number of piperidine rings is 1. The van der Waals surface area contributed by atoms with Crippen molar-refractivity contribution in [1.82, 2.24) is 20.4 Å². The summed E-state index contributed by atoms with van der Waals surface area (Å²) in [6, 6.07) is 2.49. The average Bonchev–Trinajstić information content (AvgIpc) is 3.06. The number of hydrogen-bond donors (Lipinski definition) is 2. The summed E-state index contributed by atoms with van der Waals surface area (Å²) in [5.41, 5.74) is 2.10. The van der Waals surface area contributed by atoms with Crippen LogP contribution in [0, 0.1) is 12.8 Å². The molecule has 0 spiro atoms. The summed E-state index contributed by atoms with van der Waals surface area (Å²) in [4.78, 5) is 14.3. The van der Waals surface area contributed by atoms with Crippen molar-refractivity contribution in [3.63, 3.8) is 0 Å². The maximum Gasteiger partial charge on any atom is 0.224 e. The molecule has 0 saturated carbocycles. The largest absolute Gasteiger partial charge is 0.377 e. The van der Waals surface area contributed by atoms with E-state index in [1.807, 2.05) is 6.92 Å². The molecule has 0 aliphatic carbocycles. The highest BCUT2D eigenvalue weighted by molar-refractivity contribution is 5.78. The normalized spacial score (nSPS) is 30.2. The molecule has 0 bridgehead atoms. The van der Waals surface area contributed by atoms with Crippen molar-refractivity contribution < 1.29 is 9.53 Å². The van der Waals surface area contributed by atoms with Crippen molar-refractivity contribution in [2.45, 2.75) is 38.5 Å². The maximum absolute atomic E-state index is 11.9. The third-order valence-electron chi connectivity index (χ3n) is 4.36. The van der Waals surface area contributed by atoms with Crippen LogP contribution < -0.4 is 5.32 Å². The van der Waals surface area contributed by atoms with Crippen LogP contribution in [0.25, 0.3) is 0 Å². The van der Waals surface area contributed by atoms with Crippen molar-refractivity contribution >= 4 is 5.91 Å². The number of hydrogen-bond acceptors (Lipinski definition) is 4. The second-order valence-electron chi connectivity index (χ2n) is 5.78. The second kappa shape index (κ2) is 5.54. The monoisotopic (exact) mass is 278 g/mol. The first-order chi connectivity index (χ1) is 9.67. The molecule has 110 valence electrons. The van der Waals surface area contributed by atoms with E-state index in [9.17, 15) is 4.79 Å². The Balaban J connectivity index is 1.74. The highest BCUT2D eigenvalue weighted by Gasteiger charge is 2.42. The third-order valence-corrected chi connectivity index (χ3v) is 4.36. The van der Waals surface area contributed by atoms with E-state index in [1.165, 1.54) is 0 Å². The molecule has 3 heterocycles. The minimum Gasteiger partial charge on any atom is -0.377 e. The molecule has 2 aliphatic rings. The van der Waals surface area contributed by atoms with Gasteiger partial charge in [0, 0.05) is 38.5 Å². The highest BCUT2D eigenvalue weighted by atomic mass is 16.5. The molecule has 1 aromatic rings. The van der Waals surface area contributed by atoms with E-state index in [2.05, 4.69) is 26.5 Å². The Labute approximate surface area is 118 Å². The van der Waals surface area contributed by atoms with E-state index in [4.69, 9.17) is 4.74 Å². The fourth-order valence-electron chi connectivity index (χ4n) is 3.39. The zero-order valence-corrected chi connectivity index (χ0v) is 12.1. The molecule has 2 fully saturated rings. The number of carbonyl (C=O) groups is 1. The van der Waals surface area contributed by atoms with Crippen LogP contribution in [0.3, 0.4) is 0 Å². The molecule has 1 amide bonds. The lowest BCUT2D eigenvalue weighted by Gasteiger charge is -2.39. The molecule has 2 saturated heterocycles. The fourth-order valence-corrected chi connectivity index (χ4v) is 3.39. The van der Waals surface area contributed by atoms with Crippen LogP contribution in [0.4, 0.5) is 0 Å². The number of rotatable bonds is 3. The number of H-pyrrole nitrogens is 1. The Bertz CT molecular complexity index is 487. The SMILES string of the molecule is CNC(=O)[C@H]1C[C@H]2OCC[C@H]2N(Cc2cc(C)[nH]n2)C1. The van der Waals surface area contributed by atoms with E-state index in [-0.39, 0.29) is 17.9 Å². The predicted molar refractivity (Wildman–Crippen MR) is 74.1 cm³/mol. The summed E-state index contributed by atoms with van der Waals surface area (Å²) in [6.07, 6.45) is 2.07. The van der Waals surface area contributed by atoms with Crippen LogP contribution in [0.15, 0.2) is 6.07 Å². The van der Waals surface area contributed by atoms with Crippen molar-refractivity contribution in [3.8, 4) is 0 Å². The van der Waals surface area contributed by atoms with Crippen LogP contribution in [0.1, 0.15) is 24.2 Å². The zero-order valence-electron chi connectivity index (χ0n) is 12.1. The molecule has 1 aromatic heterocycles. The van der Waals surface area contributed by atoms with Gasteiger partial charge in [0.1, 0.15) is 0 Å². The van der Waals surface area contributed by atoms with Gasteiger partial charge in [-0.3, -0.25) is 14.8 Å². The van der Waals surface area contributed by atoms with Gasteiger partial charge in [-0.25, -0.2) is 0 Å². The molecule has 3 atom stereocenters. The van der Waals surface area contributed by atoms with Gasteiger partial charge in [0.2, 0.25) is 5.91 Å². The fraction of sp³-hybridized carbons (Fsp3) is 0.714. The molecule has 6 heteroatoms. The summed E-state index contributed by atoms with van der Waals surface area (Å²) in [5, 5.41) is 10.0. The number of aromatic nitrogens is 2. The molecular weight excluding hydrogens is 256 g/mol. The topological polar surface area (TPSA) is 70.2 Å². The smallest absolute Gasteiger partial charge is 0.224 e. The Hall–Kier alpha value is -1.40. The first-order valence-electron chi connectivity index (χ1n) is 7.25. The number of nitrogens with zero attached hydrogens (tertiary/aromatic N) is 2. The minimum atomic E-state index is 0.0133. The van der Waals surface area contributed by atoms with Crippen molar-refractivity contribution in [3.05, 3.63) is 17.5 Å². The van der Waals surface area contributed by atoms with Gasteiger partial charge in [-0.2, -0.15) is 5.10 Å². The quantitative estimate of drug-likeness (QED) is 0.842. The standard InChI is InChI=1S/C14H22N4O2/c1-9-5-11(17-16-9)8-18-7-10(14(19)15-2)6-13-12(18)3-4-20-13/h5,10,12-13H,3-4,6-8H2,1-2H3,(H,15,19)(H,16,17)/t10-,12+,13+/m0/s1. The molecule has 20 heavy (non-hydrogen) atoms. The number of nitrogens with one attached hydrogen (secondary N) is 2. The number of carbonyl (C=O) groups excluding carboxylic acids is 1. The number of ether oxygens (including phenoxy) is 1. The van der Waals surface area contributed by atoms with E-state index in [0.717, 1.165) is 43.9 Å². The molecule has 3 rings (SSSR count). The second-order valence-corrected chi connectivity index (χ2v) is 5.78. The van der Waals surface area contributed by atoms with E-state index in [1.54, 1.807) is 7.05 Å². The lowest BCUT2D eigenvalue weighted by molar-refractivity contribution is -0.129. The van der Waals surface area contributed by atoms with Crippen molar-refractivity contribution in [1.29, 1.82) is 0 Å². The summed E-state index contributed by atoms with van der Waals surface area (Å²) >= 11 is 0. The average molecular weight is 278 g/mol. The summed E-state index contributed by atoms with van der Waals surface area (Å²) in [6.45, 7) is 4.37. The number of aryl methyl sites for hydroxylation is 1. The maximum atomic E-state index is 11.9. The lowest BCUT2D eigenvalue weighted by atomic mass is 9.89. The summed E-state index contributed by atoms with van der Waals surface area (Å²) in [5.74, 6) is 0.126. The van der Waals surface area contributed by atoms with Crippen molar-refractivity contribution in [2.75, 3.05) is 20.2 Å². The van der Waals surface area contributed by atoms with Gasteiger partial charge in [0.15, 0.2) is 0 Å². The van der Waals surface area contributed by atoms with Crippen LogP contribution in [-0.4, -0.2) is 53.3 Å². The van der Waals surface area contributed by atoms with Gasteiger partial charge in [0.05, 0.1) is 17.7 Å². The van der Waals surface area contributed by atoms with Crippen LogP contribution >= 0.6 is 0 Å². The number of aromatic amines is 1. The molecular formula is C14H22N4O2.